The molecule has 2 aromatic rings. The zero-order valence-electron chi connectivity index (χ0n) is 10.6. The summed E-state index contributed by atoms with van der Waals surface area (Å²) in [7, 11) is 0. The number of non-ortho nitro benzene ring substituents is 1. The van der Waals surface area contributed by atoms with E-state index in [2.05, 4.69) is 21.2 Å². The Labute approximate surface area is 130 Å². The third kappa shape index (κ3) is 3.29. The van der Waals surface area contributed by atoms with Gasteiger partial charge in [0.1, 0.15) is 0 Å². The molecule has 0 amide bonds. The van der Waals surface area contributed by atoms with Crippen molar-refractivity contribution in [1.82, 2.24) is 0 Å². The molecule has 104 valence electrons. The molecule has 0 bridgehead atoms. The number of halogens is 2. The van der Waals surface area contributed by atoms with Crippen LogP contribution in [0.1, 0.15) is 18.5 Å². The average Bonchev–Trinajstić information content (AvgIpc) is 2.41. The minimum absolute atomic E-state index is 0.0104. The maximum absolute atomic E-state index is 10.8. The number of hydrogen-bond donors (Lipinski definition) is 1. The molecule has 1 unspecified atom stereocenters. The SMILES string of the molecule is CC(Nc1cc([N+](=O)[O-])ccc1Cl)c1ccccc1Br. The van der Waals surface area contributed by atoms with E-state index in [0.29, 0.717) is 10.7 Å². The van der Waals surface area contributed by atoms with Gasteiger partial charge in [-0.2, -0.15) is 0 Å². The molecule has 0 heterocycles. The largest absolute Gasteiger partial charge is 0.377 e. The molecular weight excluding hydrogens is 344 g/mol. The van der Waals surface area contributed by atoms with Gasteiger partial charge in [-0.3, -0.25) is 10.1 Å². The maximum Gasteiger partial charge on any atom is 0.271 e. The highest BCUT2D eigenvalue weighted by Gasteiger charge is 2.13. The molecule has 0 radical (unpaired) electrons. The number of nitro groups is 1. The summed E-state index contributed by atoms with van der Waals surface area (Å²) in [6, 6.07) is 12.1. The molecule has 0 aliphatic carbocycles. The molecule has 0 aliphatic heterocycles. The normalized spacial score (nSPS) is 11.9. The molecule has 4 nitrogen and oxygen atoms in total. The first-order valence-electron chi connectivity index (χ1n) is 5.94. The summed E-state index contributed by atoms with van der Waals surface area (Å²) in [5.41, 5.74) is 1.61. The molecule has 2 aromatic carbocycles. The molecule has 0 saturated heterocycles. The summed E-state index contributed by atoms with van der Waals surface area (Å²) in [6.45, 7) is 1.97. The predicted molar refractivity (Wildman–Crippen MR) is 84.3 cm³/mol. The van der Waals surface area contributed by atoms with Crippen molar-refractivity contribution in [2.45, 2.75) is 13.0 Å². The van der Waals surface area contributed by atoms with Crippen molar-refractivity contribution in [2.75, 3.05) is 5.32 Å². The molecule has 0 spiro atoms. The Hall–Kier alpha value is -1.59. The number of nitrogens with one attached hydrogen (secondary N) is 1. The van der Waals surface area contributed by atoms with Gasteiger partial charge in [-0.1, -0.05) is 45.7 Å². The number of nitrogens with zero attached hydrogens (tertiary/aromatic N) is 1. The van der Waals surface area contributed by atoms with Crippen LogP contribution in [0.5, 0.6) is 0 Å². The van der Waals surface area contributed by atoms with E-state index >= 15 is 0 Å². The number of benzene rings is 2. The van der Waals surface area contributed by atoms with Gasteiger partial charge in [0.25, 0.3) is 5.69 Å². The fourth-order valence-corrected chi connectivity index (χ4v) is 2.67. The Bertz CT molecular complexity index is 649. The van der Waals surface area contributed by atoms with Gasteiger partial charge in [-0.05, 0) is 24.6 Å². The summed E-state index contributed by atoms with van der Waals surface area (Å²) in [6.07, 6.45) is 0. The third-order valence-electron chi connectivity index (χ3n) is 2.90. The van der Waals surface area contributed by atoms with Crippen molar-refractivity contribution in [3.63, 3.8) is 0 Å². The van der Waals surface area contributed by atoms with E-state index in [0.717, 1.165) is 10.0 Å². The number of nitro benzene ring substituents is 1. The van der Waals surface area contributed by atoms with Gasteiger partial charge in [0.05, 0.1) is 15.6 Å². The number of anilines is 1. The molecule has 0 aliphatic rings. The van der Waals surface area contributed by atoms with Gasteiger partial charge >= 0.3 is 0 Å². The predicted octanol–water partition coefficient (Wildman–Crippen LogP) is 5.18. The first-order valence-corrected chi connectivity index (χ1v) is 7.11. The lowest BCUT2D eigenvalue weighted by Crippen LogP contribution is -2.08. The van der Waals surface area contributed by atoms with Crippen LogP contribution in [0.15, 0.2) is 46.9 Å². The van der Waals surface area contributed by atoms with Crippen LogP contribution in [0.25, 0.3) is 0 Å². The van der Waals surface area contributed by atoms with E-state index < -0.39 is 4.92 Å². The van der Waals surface area contributed by atoms with E-state index in [1.807, 2.05) is 31.2 Å². The first-order chi connectivity index (χ1) is 9.49. The van der Waals surface area contributed by atoms with E-state index in [-0.39, 0.29) is 11.7 Å². The summed E-state index contributed by atoms with van der Waals surface area (Å²) in [5.74, 6) is 0. The van der Waals surface area contributed by atoms with Crippen molar-refractivity contribution in [1.29, 1.82) is 0 Å². The van der Waals surface area contributed by atoms with Crippen molar-refractivity contribution in [3.05, 3.63) is 67.6 Å². The molecule has 6 heteroatoms. The third-order valence-corrected chi connectivity index (χ3v) is 3.96. The lowest BCUT2D eigenvalue weighted by Gasteiger charge is -2.17. The molecule has 1 N–H and O–H groups in total. The maximum atomic E-state index is 10.8. The topological polar surface area (TPSA) is 55.2 Å². The molecule has 2 rings (SSSR count). The smallest absolute Gasteiger partial charge is 0.271 e. The van der Waals surface area contributed by atoms with E-state index in [1.54, 1.807) is 0 Å². The highest BCUT2D eigenvalue weighted by atomic mass is 79.9. The van der Waals surface area contributed by atoms with Crippen LogP contribution in [0, 0.1) is 10.1 Å². The molecule has 0 fully saturated rings. The summed E-state index contributed by atoms with van der Waals surface area (Å²) in [5, 5.41) is 14.5. The zero-order valence-corrected chi connectivity index (χ0v) is 13.0. The van der Waals surface area contributed by atoms with Gasteiger partial charge < -0.3 is 5.32 Å². The van der Waals surface area contributed by atoms with Crippen LogP contribution >= 0.6 is 27.5 Å². The second-order valence-electron chi connectivity index (χ2n) is 4.31. The minimum atomic E-state index is -0.440. The standard InChI is InChI=1S/C14H12BrClN2O2/c1-9(11-4-2-3-5-12(11)15)17-14-8-10(18(19)20)6-7-13(14)16/h2-9,17H,1H3. The lowest BCUT2D eigenvalue weighted by atomic mass is 10.1. The Kier molecular flexibility index (Phi) is 4.62. The molecule has 1 atom stereocenters. The van der Waals surface area contributed by atoms with Crippen LogP contribution < -0.4 is 5.32 Å². The number of rotatable bonds is 4. The Morgan fingerprint density at radius 2 is 2.00 bits per heavy atom. The second kappa shape index (κ2) is 6.24. The van der Waals surface area contributed by atoms with Crippen molar-refractivity contribution in [3.8, 4) is 0 Å². The van der Waals surface area contributed by atoms with Crippen molar-refractivity contribution >= 4 is 38.9 Å². The van der Waals surface area contributed by atoms with Gasteiger partial charge in [0.15, 0.2) is 0 Å². The second-order valence-corrected chi connectivity index (χ2v) is 5.57. The Morgan fingerprint density at radius 1 is 1.30 bits per heavy atom. The minimum Gasteiger partial charge on any atom is -0.377 e. The lowest BCUT2D eigenvalue weighted by molar-refractivity contribution is -0.384. The molecule has 0 aromatic heterocycles. The summed E-state index contributed by atoms with van der Waals surface area (Å²) >= 11 is 9.56. The zero-order chi connectivity index (χ0) is 14.7. The van der Waals surface area contributed by atoms with E-state index in [4.69, 9.17) is 11.6 Å². The monoisotopic (exact) mass is 354 g/mol. The molecular formula is C14H12BrClN2O2. The fourth-order valence-electron chi connectivity index (χ4n) is 1.87. The number of hydrogen-bond acceptors (Lipinski definition) is 3. The van der Waals surface area contributed by atoms with Gasteiger partial charge in [-0.25, -0.2) is 0 Å². The fraction of sp³-hybridized carbons (Fsp3) is 0.143. The van der Waals surface area contributed by atoms with Gasteiger partial charge in [0.2, 0.25) is 0 Å². The van der Waals surface area contributed by atoms with Crippen molar-refractivity contribution < 1.29 is 4.92 Å². The highest BCUT2D eigenvalue weighted by Crippen LogP contribution is 2.31. The van der Waals surface area contributed by atoms with Crippen LogP contribution in [0.4, 0.5) is 11.4 Å². The van der Waals surface area contributed by atoms with E-state index in [1.165, 1.54) is 18.2 Å². The summed E-state index contributed by atoms with van der Waals surface area (Å²) < 4.78 is 0.974. The van der Waals surface area contributed by atoms with Gasteiger partial charge in [-0.15, -0.1) is 0 Å². The van der Waals surface area contributed by atoms with Crippen LogP contribution in [0.3, 0.4) is 0 Å². The quantitative estimate of drug-likeness (QED) is 0.607. The van der Waals surface area contributed by atoms with Crippen LogP contribution in [-0.2, 0) is 0 Å². The first kappa shape index (κ1) is 14.8. The van der Waals surface area contributed by atoms with E-state index in [9.17, 15) is 10.1 Å². The Morgan fingerprint density at radius 3 is 2.65 bits per heavy atom. The Balaban J connectivity index is 2.28. The van der Waals surface area contributed by atoms with Crippen molar-refractivity contribution in [2.24, 2.45) is 0 Å². The highest BCUT2D eigenvalue weighted by molar-refractivity contribution is 9.10. The van der Waals surface area contributed by atoms with Gasteiger partial charge in [0, 0.05) is 22.6 Å². The molecule has 20 heavy (non-hydrogen) atoms. The summed E-state index contributed by atoms with van der Waals surface area (Å²) in [4.78, 5) is 10.4. The average molecular weight is 356 g/mol. The van der Waals surface area contributed by atoms with Crippen LogP contribution in [0.2, 0.25) is 5.02 Å². The van der Waals surface area contributed by atoms with Crippen LogP contribution in [-0.4, -0.2) is 4.92 Å². The molecule has 0 saturated carbocycles.